The van der Waals surface area contributed by atoms with Crippen molar-refractivity contribution >= 4 is 11.6 Å². The number of phenolic OH excluding ortho intramolecular Hbond substituents is 1. The Hall–Kier alpha value is -2.66. The van der Waals surface area contributed by atoms with Gasteiger partial charge in [-0.25, -0.2) is 0 Å². The molecule has 0 fully saturated rings. The molecule has 0 saturated carbocycles. The molecular weight excluding hydrogens is 320 g/mol. The van der Waals surface area contributed by atoms with E-state index < -0.39 is 0 Å². The van der Waals surface area contributed by atoms with Gasteiger partial charge in [0, 0.05) is 18.4 Å². The standard InChI is InChI=1S/C20H22O5/c21-13-16-11-15(5-10-20(16)25)4-9-19(24)12-18(23)8-3-14-1-6-17(22)7-2-14/h1-2,5-7,10-11,21-22,25H,3-4,8-9,12-13H2. The van der Waals surface area contributed by atoms with Gasteiger partial charge in [-0.1, -0.05) is 18.2 Å². The molecule has 2 aromatic rings. The number of carbonyl (C=O) groups is 2. The van der Waals surface area contributed by atoms with E-state index in [-0.39, 0.29) is 42.5 Å². The van der Waals surface area contributed by atoms with Gasteiger partial charge in [0.1, 0.15) is 23.1 Å². The normalized spacial score (nSPS) is 10.6. The Balaban J connectivity index is 1.75. The fraction of sp³-hybridized carbons (Fsp3) is 0.300. The zero-order chi connectivity index (χ0) is 18.2. The largest absolute Gasteiger partial charge is 0.508 e. The highest BCUT2D eigenvalue weighted by molar-refractivity contribution is 5.99. The lowest BCUT2D eigenvalue weighted by Gasteiger charge is -2.06. The summed E-state index contributed by atoms with van der Waals surface area (Å²) in [4.78, 5) is 23.9. The van der Waals surface area contributed by atoms with Gasteiger partial charge in [-0.2, -0.15) is 0 Å². The molecule has 25 heavy (non-hydrogen) atoms. The van der Waals surface area contributed by atoms with Gasteiger partial charge in [0.2, 0.25) is 0 Å². The highest BCUT2D eigenvalue weighted by Crippen LogP contribution is 2.19. The van der Waals surface area contributed by atoms with E-state index in [1.807, 2.05) is 0 Å². The van der Waals surface area contributed by atoms with Gasteiger partial charge in [-0.3, -0.25) is 9.59 Å². The lowest BCUT2D eigenvalue weighted by Crippen LogP contribution is -2.09. The zero-order valence-corrected chi connectivity index (χ0v) is 13.9. The van der Waals surface area contributed by atoms with Crippen molar-refractivity contribution in [2.75, 3.05) is 0 Å². The number of aliphatic hydroxyl groups is 1. The molecule has 0 heterocycles. The molecule has 0 spiro atoms. The third-order valence-corrected chi connectivity index (χ3v) is 4.03. The molecule has 0 aliphatic heterocycles. The first-order valence-electron chi connectivity index (χ1n) is 8.21. The Morgan fingerprint density at radius 3 is 1.96 bits per heavy atom. The fourth-order valence-electron chi connectivity index (χ4n) is 2.55. The highest BCUT2D eigenvalue weighted by Gasteiger charge is 2.11. The molecule has 0 atom stereocenters. The topological polar surface area (TPSA) is 94.8 Å². The van der Waals surface area contributed by atoms with Crippen molar-refractivity contribution in [3.8, 4) is 11.5 Å². The summed E-state index contributed by atoms with van der Waals surface area (Å²) in [6.07, 6.45) is 1.48. The Morgan fingerprint density at radius 2 is 1.36 bits per heavy atom. The Morgan fingerprint density at radius 1 is 0.800 bits per heavy atom. The molecule has 0 radical (unpaired) electrons. The van der Waals surface area contributed by atoms with Gasteiger partial charge < -0.3 is 15.3 Å². The third kappa shape index (κ3) is 6.04. The number of phenols is 2. The van der Waals surface area contributed by atoms with Crippen molar-refractivity contribution in [1.29, 1.82) is 0 Å². The average molecular weight is 342 g/mol. The summed E-state index contributed by atoms with van der Waals surface area (Å²) >= 11 is 0. The quantitative estimate of drug-likeness (QED) is 0.609. The number of carbonyl (C=O) groups excluding carboxylic acids is 2. The number of hydrogen-bond acceptors (Lipinski definition) is 5. The number of aromatic hydroxyl groups is 2. The van der Waals surface area contributed by atoms with Crippen LogP contribution in [-0.4, -0.2) is 26.9 Å². The smallest absolute Gasteiger partial charge is 0.140 e. The summed E-state index contributed by atoms with van der Waals surface area (Å²) in [6, 6.07) is 11.5. The molecule has 0 aliphatic carbocycles. The summed E-state index contributed by atoms with van der Waals surface area (Å²) < 4.78 is 0. The van der Waals surface area contributed by atoms with Gasteiger partial charge in [0.25, 0.3) is 0 Å². The second kappa shape index (κ2) is 8.99. The van der Waals surface area contributed by atoms with Crippen molar-refractivity contribution in [2.24, 2.45) is 0 Å². The molecule has 2 aromatic carbocycles. The lowest BCUT2D eigenvalue weighted by atomic mass is 10.0. The number of ketones is 2. The fourth-order valence-corrected chi connectivity index (χ4v) is 2.55. The summed E-state index contributed by atoms with van der Waals surface area (Å²) in [5.74, 6) is -0.0000153. The van der Waals surface area contributed by atoms with E-state index >= 15 is 0 Å². The number of aliphatic hydroxyl groups excluding tert-OH is 1. The summed E-state index contributed by atoms with van der Waals surface area (Å²) in [5.41, 5.74) is 2.21. The van der Waals surface area contributed by atoms with E-state index in [0.717, 1.165) is 11.1 Å². The summed E-state index contributed by atoms with van der Waals surface area (Å²) in [6.45, 7) is -0.261. The minimum absolute atomic E-state index is 0.0296. The molecule has 0 unspecified atom stereocenters. The van der Waals surface area contributed by atoms with E-state index in [4.69, 9.17) is 5.11 Å². The Kier molecular flexibility index (Phi) is 6.71. The molecule has 2 rings (SSSR count). The summed E-state index contributed by atoms with van der Waals surface area (Å²) in [5, 5.41) is 27.9. The number of hydrogen-bond donors (Lipinski definition) is 3. The van der Waals surface area contributed by atoms with Crippen LogP contribution in [-0.2, 0) is 29.0 Å². The first kappa shape index (κ1) is 18.7. The van der Waals surface area contributed by atoms with Crippen molar-refractivity contribution in [3.63, 3.8) is 0 Å². The van der Waals surface area contributed by atoms with Crippen LogP contribution in [0.3, 0.4) is 0 Å². The van der Waals surface area contributed by atoms with E-state index in [2.05, 4.69) is 0 Å². The van der Waals surface area contributed by atoms with Crippen LogP contribution in [0.15, 0.2) is 42.5 Å². The molecular formula is C20H22O5. The predicted octanol–water partition coefficient (Wildman–Crippen LogP) is 2.68. The molecule has 3 N–H and O–H groups in total. The second-order valence-corrected chi connectivity index (χ2v) is 6.04. The Labute approximate surface area is 146 Å². The second-order valence-electron chi connectivity index (χ2n) is 6.04. The van der Waals surface area contributed by atoms with E-state index in [0.29, 0.717) is 24.8 Å². The van der Waals surface area contributed by atoms with Gasteiger partial charge in [0.15, 0.2) is 0 Å². The molecule has 0 amide bonds. The molecule has 5 heteroatoms. The first-order valence-corrected chi connectivity index (χ1v) is 8.21. The molecule has 0 aliphatic rings. The van der Waals surface area contributed by atoms with Crippen molar-refractivity contribution in [1.82, 2.24) is 0 Å². The monoisotopic (exact) mass is 342 g/mol. The van der Waals surface area contributed by atoms with Crippen LogP contribution in [0.5, 0.6) is 11.5 Å². The molecule has 0 saturated heterocycles. The van der Waals surface area contributed by atoms with Crippen molar-refractivity contribution < 1.29 is 24.9 Å². The van der Waals surface area contributed by atoms with Crippen LogP contribution in [0.4, 0.5) is 0 Å². The number of rotatable bonds is 9. The van der Waals surface area contributed by atoms with E-state index in [1.165, 1.54) is 6.07 Å². The Bertz CT molecular complexity index is 734. The summed E-state index contributed by atoms with van der Waals surface area (Å²) in [7, 11) is 0. The van der Waals surface area contributed by atoms with E-state index in [9.17, 15) is 19.8 Å². The average Bonchev–Trinajstić information content (AvgIpc) is 2.60. The zero-order valence-electron chi connectivity index (χ0n) is 13.9. The van der Waals surface area contributed by atoms with Crippen LogP contribution < -0.4 is 0 Å². The maximum Gasteiger partial charge on any atom is 0.140 e. The van der Waals surface area contributed by atoms with Crippen LogP contribution >= 0.6 is 0 Å². The molecule has 0 aromatic heterocycles. The van der Waals surface area contributed by atoms with Crippen molar-refractivity contribution in [3.05, 3.63) is 59.2 Å². The number of aryl methyl sites for hydroxylation is 2. The van der Waals surface area contributed by atoms with Crippen LogP contribution in [0.1, 0.15) is 36.0 Å². The van der Waals surface area contributed by atoms with E-state index in [1.54, 1.807) is 36.4 Å². The van der Waals surface area contributed by atoms with Crippen LogP contribution in [0, 0.1) is 0 Å². The minimum Gasteiger partial charge on any atom is -0.508 e. The van der Waals surface area contributed by atoms with Gasteiger partial charge >= 0.3 is 0 Å². The minimum atomic E-state index is -0.261. The molecule has 132 valence electrons. The highest BCUT2D eigenvalue weighted by atomic mass is 16.3. The van der Waals surface area contributed by atoms with Crippen LogP contribution in [0.25, 0.3) is 0 Å². The first-order chi connectivity index (χ1) is 12.0. The van der Waals surface area contributed by atoms with Crippen molar-refractivity contribution in [2.45, 2.75) is 38.7 Å². The van der Waals surface area contributed by atoms with Gasteiger partial charge in [-0.05, 0) is 48.2 Å². The molecule has 5 nitrogen and oxygen atoms in total. The maximum atomic E-state index is 12.0. The number of benzene rings is 2. The SMILES string of the molecule is O=C(CCc1ccc(O)cc1)CC(=O)CCc1ccc(O)c(CO)c1. The molecule has 0 bridgehead atoms. The predicted molar refractivity (Wildman–Crippen MR) is 93.4 cm³/mol. The van der Waals surface area contributed by atoms with Gasteiger partial charge in [-0.15, -0.1) is 0 Å². The van der Waals surface area contributed by atoms with Gasteiger partial charge in [0.05, 0.1) is 13.0 Å². The number of Topliss-reactive ketones (excluding diaryl/α,β-unsaturated/α-hetero) is 2. The third-order valence-electron chi connectivity index (χ3n) is 4.03. The van der Waals surface area contributed by atoms with Crippen LogP contribution in [0.2, 0.25) is 0 Å². The maximum absolute atomic E-state index is 12.0. The lowest BCUT2D eigenvalue weighted by molar-refractivity contribution is -0.126.